The minimum absolute atomic E-state index is 0.240. The van der Waals surface area contributed by atoms with Crippen LogP contribution >= 0.6 is 23.4 Å². The summed E-state index contributed by atoms with van der Waals surface area (Å²) < 4.78 is 5.76. The summed E-state index contributed by atoms with van der Waals surface area (Å²) in [5.74, 6) is -0.375. The first-order valence-corrected chi connectivity index (χ1v) is 11.5. The quantitative estimate of drug-likeness (QED) is 0.446. The van der Waals surface area contributed by atoms with Gasteiger partial charge < -0.3 is 10.1 Å². The van der Waals surface area contributed by atoms with Crippen molar-refractivity contribution in [1.82, 2.24) is 4.90 Å². The number of aryl methyl sites for hydroxylation is 1. The number of amides is 3. The summed E-state index contributed by atoms with van der Waals surface area (Å²) >= 11 is 6.81. The van der Waals surface area contributed by atoms with E-state index in [0.29, 0.717) is 23.1 Å². The highest BCUT2D eigenvalue weighted by Gasteiger charge is 2.36. The van der Waals surface area contributed by atoms with E-state index >= 15 is 0 Å². The van der Waals surface area contributed by atoms with Crippen molar-refractivity contribution in [3.05, 3.63) is 75.7 Å². The van der Waals surface area contributed by atoms with Gasteiger partial charge in [-0.2, -0.15) is 0 Å². The van der Waals surface area contributed by atoms with Crippen LogP contribution in [-0.2, 0) is 9.59 Å². The summed E-state index contributed by atoms with van der Waals surface area (Å²) in [6, 6.07) is 16.7. The first kappa shape index (κ1) is 22.9. The summed E-state index contributed by atoms with van der Waals surface area (Å²) in [5.41, 5.74) is 2.08. The molecule has 1 N–H and O–H groups in total. The van der Waals surface area contributed by atoms with Gasteiger partial charge in [-0.3, -0.25) is 19.3 Å². The summed E-state index contributed by atoms with van der Waals surface area (Å²) in [7, 11) is 0. The van der Waals surface area contributed by atoms with Gasteiger partial charge in [0.1, 0.15) is 12.3 Å². The number of fused-ring (bicyclic) bond motifs is 1. The number of imide groups is 1. The maximum atomic E-state index is 13.0. The summed E-state index contributed by atoms with van der Waals surface area (Å²) in [4.78, 5) is 39.3. The van der Waals surface area contributed by atoms with Crippen molar-refractivity contribution in [1.29, 1.82) is 0 Å². The zero-order valence-electron chi connectivity index (χ0n) is 18.1. The number of thioether (sulfide) groups is 1. The predicted molar refractivity (Wildman–Crippen MR) is 133 cm³/mol. The average Bonchev–Trinajstić information content (AvgIpc) is 3.05. The van der Waals surface area contributed by atoms with Gasteiger partial charge in [0.25, 0.3) is 11.1 Å². The Labute approximate surface area is 200 Å². The number of benzene rings is 3. The lowest BCUT2D eigenvalue weighted by atomic mass is 10.0. The fourth-order valence-electron chi connectivity index (χ4n) is 3.54. The van der Waals surface area contributed by atoms with E-state index in [2.05, 4.69) is 5.32 Å². The fourth-order valence-corrected chi connectivity index (χ4v) is 4.53. The highest BCUT2D eigenvalue weighted by Crippen LogP contribution is 2.36. The summed E-state index contributed by atoms with van der Waals surface area (Å²) in [6.45, 7) is 3.79. The molecule has 1 saturated heterocycles. The maximum Gasteiger partial charge on any atom is 0.294 e. The molecule has 0 atom stereocenters. The Kier molecular flexibility index (Phi) is 6.72. The van der Waals surface area contributed by atoms with Crippen LogP contribution in [0.25, 0.3) is 16.8 Å². The lowest BCUT2D eigenvalue weighted by Gasteiger charge is -2.14. The number of carbonyl (C=O) groups is 3. The van der Waals surface area contributed by atoms with Crippen LogP contribution in [0, 0.1) is 6.92 Å². The summed E-state index contributed by atoms with van der Waals surface area (Å²) in [5, 5.41) is 4.59. The van der Waals surface area contributed by atoms with Crippen molar-refractivity contribution >= 4 is 63.0 Å². The van der Waals surface area contributed by atoms with E-state index in [1.54, 1.807) is 24.3 Å². The molecule has 4 rings (SSSR count). The molecule has 0 unspecified atom stereocenters. The monoisotopic (exact) mass is 480 g/mol. The highest BCUT2D eigenvalue weighted by atomic mass is 35.5. The van der Waals surface area contributed by atoms with E-state index in [-0.39, 0.29) is 11.4 Å². The fraction of sp³-hybridized carbons (Fsp3) is 0.160. The predicted octanol–water partition coefficient (Wildman–Crippen LogP) is 5.88. The Balaban J connectivity index is 1.59. The number of rotatable bonds is 6. The largest absolute Gasteiger partial charge is 0.493 e. The molecule has 168 valence electrons. The Morgan fingerprint density at radius 1 is 1.15 bits per heavy atom. The number of nitrogens with zero attached hydrogens (tertiary/aromatic N) is 1. The number of hydrogen-bond donors (Lipinski definition) is 1. The molecule has 0 aliphatic carbocycles. The lowest BCUT2D eigenvalue weighted by Crippen LogP contribution is -2.36. The Morgan fingerprint density at radius 3 is 2.73 bits per heavy atom. The van der Waals surface area contributed by atoms with E-state index in [0.717, 1.165) is 38.6 Å². The second-order valence-corrected chi connectivity index (χ2v) is 8.84. The molecule has 0 saturated carbocycles. The van der Waals surface area contributed by atoms with Gasteiger partial charge in [0.05, 0.1) is 11.5 Å². The standard InChI is InChI=1S/C25H21ClN2O4S/c1-3-32-21-11-9-16-6-4-5-7-18(16)19(21)13-22-24(30)28(25(31)33-22)14-23(29)27-20-12-17(26)10-8-15(20)2/h4-13H,3,14H2,1-2H3,(H,27,29)/b22-13+. The third-order valence-corrected chi connectivity index (χ3v) is 6.30. The molecule has 1 heterocycles. The maximum absolute atomic E-state index is 13.0. The molecular weight excluding hydrogens is 460 g/mol. The highest BCUT2D eigenvalue weighted by molar-refractivity contribution is 8.18. The third-order valence-electron chi connectivity index (χ3n) is 5.15. The van der Waals surface area contributed by atoms with Crippen LogP contribution in [0.4, 0.5) is 10.5 Å². The van der Waals surface area contributed by atoms with Crippen molar-refractivity contribution < 1.29 is 19.1 Å². The van der Waals surface area contributed by atoms with Crippen LogP contribution in [0.5, 0.6) is 5.75 Å². The van der Waals surface area contributed by atoms with Crippen LogP contribution < -0.4 is 10.1 Å². The first-order valence-electron chi connectivity index (χ1n) is 10.3. The first-order chi connectivity index (χ1) is 15.9. The molecule has 6 nitrogen and oxygen atoms in total. The van der Waals surface area contributed by atoms with E-state index < -0.39 is 17.1 Å². The van der Waals surface area contributed by atoms with Crippen molar-refractivity contribution in [3.63, 3.8) is 0 Å². The van der Waals surface area contributed by atoms with Gasteiger partial charge in [0.15, 0.2) is 0 Å². The van der Waals surface area contributed by atoms with Crippen LogP contribution in [0.3, 0.4) is 0 Å². The Hall–Kier alpha value is -3.29. The molecule has 1 aliphatic heterocycles. The lowest BCUT2D eigenvalue weighted by molar-refractivity contribution is -0.127. The van der Waals surface area contributed by atoms with Gasteiger partial charge in [-0.1, -0.05) is 48.0 Å². The van der Waals surface area contributed by atoms with Crippen LogP contribution in [0.1, 0.15) is 18.1 Å². The minimum Gasteiger partial charge on any atom is -0.493 e. The Morgan fingerprint density at radius 2 is 1.94 bits per heavy atom. The van der Waals surface area contributed by atoms with E-state index in [1.165, 1.54) is 0 Å². The molecular formula is C25H21ClN2O4S. The molecule has 0 spiro atoms. The molecule has 3 amide bonds. The molecule has 1 fully saturated rings. The smallest absolute Gasteiger partial charge is 0.294 e. The zero-order valence-corrected chi connectivity index (χ0v) is 19.6. The molecule has 3 aromatic rings. The average molecular weight is 481 g/mol. The number of ether oxygens (including phenoxy) is 1. The number of nitrogens with one attached hydrogen (secondary N) is 1. The normalized spacial score (nSPS) is 14.9. The van der Waals surface area contributed by atoms with Crippen molar-refractivity contribution in [3.8, 4) is 5.75 Å². The van der Waals surface area contributed by atoms with Crippen molar-refractivity contribution in [2.75, 3.05) is 18.5 Å². The van der Waals surface area contributed by atoms with Gasteiger partial charge in [-0.05, 0) is 66.2 Å². The molecule has 0 bridgehead atoms. The number of anilines is 1. The SMILES string of the molecule is CCOc1ccc2ccccc2c1/C=C1/SC(=O)N(CC(=O)Nc2cc(Cl)ccc2C)C1=O. The van der Waals surface area contributed by atoms with E-state index in [9.17, 15) is 14.4 Å². The van der Waals surface area contributed by atoms with Gasteiger partial charge in [-0.25, -0.2) is 0 Å². The molecule has 8 heteroatoms. The second kappa shape index (κ2) is 9.68. The molecule has 1 aliphatic rings. The van der Waals surface area contributed by atoms with Gasteiger partial charge in [0.2, 0.25) is 5.91 Å². The zero-order chi connectivity index (χ0) is 23.5. The molecule has 3 aromatic carbocycles. The number of hydrogen-bond acceptors (Lipinski definition) is 5. The van der Waals surface area contributed by atoms with Gasteiger partial charge in [0, 0.05) is 16.3 Å². The topological polar surface area (TPSA) is 75.7 Å². The van der Waals surface area contributed by atoms with Crippen LogP contribution in [-0.4, -0.2) is 35.1 Å². The number of halogens is 1. The van der Waals surface area contributed by atoms with Crippen LogP contribution in [0.2, 0.25) is 5.02 Å². The second-order valence-electron chi connectivity index (χ2n) is 7.41. The van der Waals surface area contributed by atoms with Gasteiger partial charge in [-0.15, -0.1) is 0 Å². The van der Waals surface area contributed by atoms with E-state index in [1.807, 2.05) is 50.2 Å². The number of carbonyl (C=O) groups excluding carboxylic acids is 3. The molecule has 0 radical (unpaired) electrons. The van der Waals surface area contributed by atoms with Crippen LogP contribution in [0.15, 0.2) is 59.5 Å². The van der Waals surface area contributed by atoms with Crippen molar-refractivity contribution in [2.24, 2.45) is 0 Å². The molecule has 0 aromatic heterocycles. The van der Waals surface area contributed by atoms with Gasteiger partial charge >= 0.3 is 0 Å². The third kappa shape index (κ3) is 4.89. The summed E-state index contributed by atoms with van der Waals surface area (Å²) in [6.07, 6.45) is 1.66. The minimum atomic E-state index is -0.515. The van der Waals surface area contributed by atoms with E-state index in [4.69, 9.17) is 16.3 Å². The van der Waals surface area contributed by atoms with Crippen molar-refractivity contribution in [2.45, 2.75) is 13.8 Å². The Bertz CT molecular complexity index is 1300. The molecule has 33 heavy (non-hydrogen) atoms.